The summed E-state index contributed by atoms with van der Waals surface area (Å²) in [5.74, 6) is 1.83. The van der Waals surface area contributed by atoms with E-state index in [1.807, 2.05) is 36.4 Å². The number of hydrogen-bond acceptors (Lipinski definition) is 2. The van der Waals surface area contributed by atoms with E-state index in [2.05, 4.69) is 50.2 Å². The van der Waals surface area contributed by atoms with Gasteiger partial charge in [-0.15, -0.1) is 0 Å². The van der Waals surface area contributed by atoms with E-state index in [1.165, 1.54) is 11.1 Å². The average molecular weight is 346 g/mol. The smallest absolute Gasteiger partial charge is 0.120 e. The summed E-state index contributed by atoms with van der Waals surface area (Å²) in [5, 5.41) is 0. The fourth-order valence-corrected chi connectivity index (χ4v) is 2.87. The maximum atomic E-state index is 6.01. The van der Waals surface area contributed by atoms with Crippen LogP contribution in [0.4, 0.5) is 0 Å². The summed E-state index contributed by atoms with van der Waals surface area (Å²) in [5.41, 5.74) is 4.88. The minimum absolute atomic E-state index is 0.543. The molecule has 0 aromatic heterocycles. The number of rotatable bonds is 8. The molecule has 3 rings (SSSR count). The third-order valence-electron chi connectivity index (χ3n) is 4.52. The van der Waals surface area contributed by atoms with Crippen molar-refractivity contribution in [3.8, 4) is 11.5 Å². The van der Waals surface area contributed by atoms with E-state index in [0.717, 1.165) is 35.5 Å². The van der Waals surface area contributed by atoms with Crippen LogP contribution in [-0.2, 0) is 26.1 Å². The van der Waals surface area contributed by atoms with E-state index in [9.17, 15) is 0 Å². The Balaban J connectivity index is 1.65. The molecule has 3 aromatic rings. The van der Waals surface area contributed by atoms with Crippen molar-refractivity contribution < 1.29 is 9.47 Å². The molecule has 2 heteroatoms. The Morgan fingerprint density at radius 2 is 1.04 bits per heavy atom. The van der Waals surface area contributed by atoms with Crippen LogP contribution in [0.3, 0.4) is 0 Å². The van der Waals surface area contributed by atoms with E-state index in [-0.39, 0.29) is 0 Å². The second kappa shape index (κ2) is 9.10. The van der Waals surface area contributed by atoms with Gasteiger partial charge in [-0.2, -0.15) is 0 Å². The highest BCUT2D eigenvalue weighted by molar-refractivity contribution is 5.32. The van der Waals surface area contributed by atoms with E-state index < -0.39 is 0 Å². The van der Waals surface area contributed by atoms with Crippen LogP contribution in [0.1, 0.15) is 36.1 Å². The Labute approximate surface area is 156 Å². The lowest BCUT2D eigenvalue weighted by Crippen LogP contribution is -2.04. The van der Waals surface area contributed by atoms with Crippen LogP contribution in [0.25, 0.3) is 0 Å². The molecule has 0 heterocycles. The van der Waals surface area contributed by atoms with Crippen molar-refractivity contribution in [3.05, 3.63) is 95.1 Å². The van der Waals surface area contributed by atoms with Gasteiger partial charge in [0.15, 0.2) is 0 Å². The van der Waals surface area contributed by atoms with Gasteiger partial charge in [-0.05, 0) is 59.4 Å². The second-order valence-corrected chi connectivity index (χ2v) is 6.35. The third-order valence-corrected chi connectivity index (χ3v) is 4.52. The quantitative estimate of drug-likeness (QED) is 0.500. The molecule has 0 saturated heterocycles. The fourth-order valence-electron chi connectivity index (χ4n) is 2.87. The summed E-state index contributed by atoms with van der Waals surface area (Å²) in [6.45, 7) is 5.39. The van der Waals surface area contributed by atoms with Gasteiger partial charge in [-0.1, -0.05) is 62.4 Å². The van der Waals surface area contributed by atoms with Crippen LogP contribution in [0.5, 0.6) is 11.5 Å². The molecule has 0 saturated carbocycles. The highest BCUT2D eigenvalue weighted by Gasteiger charge is 2.05. The normalized spacial score (nSPS) is 10.5. The van der Waals surface area contributed by atoms with Crippen LogP contribution in [0, 0.1) is 0 Å². The second-order valence-electron chi connectivity index (χ2n) is 6.35. The minimum Gasteiger partial charge on any atom is -0.489 e. The van der Waals surface area contributed by atoms with Crippen molar-refractivity contribution >= 4 is 0 Å². The molecular weight excluding hydrogens is 320 g/mol. The van der Waals surface area contributed by atoms with Gasteiger partial charge in [0.05, 0.1) is 0 Å². The molecule has 0 unspecified atom stereocenters. The molecule has 134 valence electrons. The van der Waals surface area contributed by atoms with Gasteiger partial charge in [0.25, 0.3) is 0 Å². The summed E-state index contributed by atoms with van der Waals surface area (Å²) in [6, 6.07) is 24.9. The summed E-state index contributed by atoms with van der Waals surface area (Å²) in [4.78, 5) is 0. The Morgan fingerprint density at radius 3 is 1.46 bits per heavy atom. The number of aryl methyl sites for hydroxylation is 2. The molecule has 3 aromatic carbocycles. The Hall–Kier alpha value is -2.74. The van der Waals surface area contributed by atoms with Gasteiger partial charge in [-0.25, -0.2) is 0 Å². The van der Waals surface area contributed by atoms with Gasteiger partial charge in [0.1, 0.15) is 24.7 Å². The number of ether oxygens (including phenoxy) is 2. The van der Waals surface area contributed by atoms with Gasteiger partial charge in [0, 0.05) is 0 Å². The summed E-state index contributed by atoms with van der Waals surface area (Å²) < 4.78 is 12.0. The van der Waals surface area contributed by atoms with Crippen molar-refractivity contribution in [2.45, 2.75) is 39.9 Å². The first-order chi connectivity index (χ1) is 12.8. The van der Waals surface area contributed by atoms with Gasteiger partial charge >= 0.3 is 0 Å². The summed E-state index contributed by atoms with van der Waals surface area (Å²) >= 11 is 0. The van der Waals surface area contributed by atoms with Crippen molar-refractivity contribution in [1.82, 2.24) is 0 Å². The van der Waals surface area contributed by atoms with Crippen molar-refractivity contribution in [2.24, 2.45) is 0 Å². The predicted molar refractivity (Wildman–Crippen MR) is 107 cm³/mol. The molecule has 0 fully saturated rings. The lowest BCUT2D eigenvalue weighted by Gasteiger charge is -2.13. The molecule has 0 aliphatic rings. The molecular formula is C24H26O2. The highest BCUT2D eigenvalue weighted by Crippen LogP contribution is 2.20. The van der Waals surface area contributed by atoms with Crippen LogP contribution in [0.2, 0.25) is 0 Å². The topological polar surface area (TPSA) is 18.5 Å². The first kappa shape index (κ1) is 18.1. The summed E-state index contributed by atoms with van der Waals surface area (Å²) in [6.07, 6.45) is 2.02. The zero-order chi connectivity index (χ0) is 18.2. The zero-order valence-electron chi connectivity index (χ0n) is 15.6. The molecule has 26 heavy (non-hydrogen) atoms. The monoisotopic (exact) mass is 346 g/mol. The van der Waals surface area contributed by atoms with E-state index >= 15 is 0 Å². The first-order valence-corrected chi connectivity index (χ1v) is 9.28. The number of benzene rings is 3. The minimum atomic E-state index is 0.543. The lowest BCUT2D eigenvalue weighted by atomic mass is 10.1. The fraction of sp³-hybridized carbons (Fsp3) is 0.250. The number of hydrogen-bond donors (Lipinski definition) is 0. The summed E-state index contributed by atoms with van der Waals surface area (Å²) in [7, 11) is 0. The van der Waals surface area contributed by atoms with Crippen LogP contribution in [0.15, 0.2) is 72.8 Å². The van der Waals surface area contributed by atoms with Crippen LogP contribution in [-0.4, -0.2) is 0 Å². The Bertz CT molecular complexity index is 768. The SMILES string of the molecule is CCc1cccc(OCc2ccccc2COc2cccc(CC)c2)c1. The van der Waals surface area contributed by atoms with Crippen molar-refractivity contribution in [3.63, 3.8) is 0 Å². The molecule has 0 aliphatic heterocycles. The van der Waals surface area contributed by atoms with Crippen molar-refractivity contribution in [1.29, 1.82) is 0 Å². The molecule has 0 spiro atoms. The molecule has 0 N–H and O–H groups in total. The van der Waals surface area contributed by atoms with Crippen LogP contribution >= 0.6 is 0 Å². The van der Waals surface area contributed by atoms with Gasteiger partial charge in [0.2, 0.25) is 0 Å². The van der Waals surface area contributed by atoms with Gasteiger partial charge < -0.3 is 9.47 Å². The van der Waals surface area contributed by atoms with Crippen LogP contribution < -0.4 is 9.47 Å². The molecule has 0 radical (unpaired) electrons. The molecule has 0 aliphatic carbocycles. The molecule has 2 nitrogen and oxygen atoms in total. The highest BCUT2D eigenvalue weighted by atomic mass is 16.5. The van der Waals surface area contributed by atoms with E-state index in [0.29, 0.717) is 13.2 Å². The predicted octanol–water partition coefficient (Wildman–Crippen LogP) is 5.97. The van der Waals surface area contributed by atoms with E-state index in [4.69, 9.17) is 9.47 Å². The van der Waals surface area contributed by atoms with Crippen molar-refractivity contribution in [2.75, 3.05) is 0 Å². The maximum absolute atomic E-state index is 6.01. The molecule has 0 bridgehead atoms. The van der Waals surface area contributed by atoms with E-state index in [1.54, 1.807) is 0 Å². The standard InChI is InChI=1S/C24H26O2/c1-3-19-9-7-13-23(15-19)25-17-21-11-5-6-12-22(21)18-26-24-14-8-10-20(4-2)16-24/h5-16H,3-4,17-18H2,1-2H3. The lowest BCUT2D eigenvalue weighted by molar-refractivity contribution is 0.285. The Morgan fingerprint density at radius 1 is 0.577 bits per heavy atom. The average Bonchev–Trinajstić information content (AvgIpc) is 2.71. The first-order valence-electron chi connectivity index (χ1n) is 9.28. The van der Waals surface area contributed by atoms with Gasteiger partial charge in [-0.3, -0.25) is 0 Å². The molecule has 0 amide bonds. The molecule has 0 atom stereocenters. The third kappa shape index (κ3) is 4.89. The largest absolute Gasteiger partial charge is 0.489 e. The zero-order valence-corrected chi connectivity index (χ0v) is 15.6. The Kier molecular flexibility index (Phi) is 6.32. The maximum Gasteiger partial charge on any atom is 0.120 e.